The van der Waals surface area contributed by atoms with Crippen molar-refractivity contribution in [2.75, 3.05) is 25.1 Å². The molecule has 2 aromatic rings. The lowest BCUT2D eigenvalue weighted by atomic mass is 9.74. The first kappa shape index (κ1) is 21.3. The van der Waals surface area contributed by atoms with Gasteiger partial charge >= 0.3 is 6.36 Å². The Balaban J connectivity index is 1.71. The molecular formula is C20H21ClF3N3O2. The molecule has 0 radical (unpaired) electrons. The zero-order valence-corrected chi connectivity index (χ0v) is 16.3. The minimum Gasteiger partial charge on any atom is -0.406 e. The summed E-state index contributed by atoms with van der Waals surface area (Å²) >= 11 is 6.42. The van der Waals surface area contributed by atoms with Crippen molar-refractivity contribution in [3.8, 4) is 5.75 Å². The molecule has 0 amide bonds. The summed E-state index contributed by atoms with van der Waals surface area (Å²) in [4.78, 5) is 4.47. The lowest BCUT2D eigenvalue weighted by molar-refractivity contribution is -0.274. The van der Waals surface area contributed by atoms with Gasteiger partial charge in [0.1, 0.15) is 5.75 Å². The van der Waals surface area contributed by atoms with Gasteiger partial charge in [0.2, 0.25) is 0 Å². The molecule has 1 saturated heterocycles. The average Bonchev–Trinajstić information content (AvgIpc) is 2.68. The Morgan fingerprint density at radius 3 is 2.41 bits per heavy atom. The van der Waals surface area contributed by atoms with Crippen molar-refractivity contribution in [2.24, 2.45) is 10.7 Å². The third-order valence-corrected chi connectivity index (χ3v) is 5.14. The number of nitrogens with two attached hydrogens (primary N) is 1. The highest BCUT2D eigenvalue weighted by atomic mass is 35.5. The third kappa shape index (κ3) is 5.77. The van der Waals surface area contributed by atoms with Crippen molar-refractivity contribution >= 4 is 23.2 Å². The van der Waals surface area contributed by atoms with E-state index in [2.05, 4.69) is 15.0 Å². The second-order valence-corrected chi connectivity index (χ2v) is 7.18. The van der Waals surface area contributed by atoms with Crippen LogP contribution < -0.4 is 15.8 Å². The molecule has 0 aliphatic carbocycles. The van der Waals surface area contributed by atoms with E-state index in [0.717, 1.165) is 18.4 Å². The van der Waals surface area contributed by atoms with Crippen LogP contribution in [0.2, 0.25) is 5.02 Å². The van der Waals surface area contributed by atoms with Crippen LogP contribution in [0.3, 0.4) is 0 Å². The Morgan fingerprint density at radius 2 is 1.79 bits per heavy atom. The number of rotatable bonds is 5. The van der Waals surface area contributed by atoms with Crippen LogP contribution in [0.5, 0.6) is 5.75 Å². The van der Waals surface area contributed by atoms with Gasteiger partial charge < -0.3 is 20.5 Å². The van der Waals surface area contributed by atoms with Crippen molar-refractivity contribution in [2.45, 2.75) is 24.6 Å². The van der Waals surface area contributed by atoms with Gasteiger partial charge in [-0.05, 0) is 48.7 Å². The van der Waals surface area contributed by atoms with Crippen molar-refractivity contribution in [1.29, 1.82) is 0 Å². The summed E-state index contributed by atoms with van der Waals surface area (Å²) in [6.45, 7) is 1.62. The van der Waals surface area contributed by atoms with Gasteiger partial charge in [0, 0.05) is 29.3 Å². The van der Waals surface area contributed by atoms with E-state index in [-0.39, 0.29) is 17.1 Å². The van der Waals surface area contributed by atoms with Gasteiger partial charge in [0.05, 0.1) is 6.54 Å². The SMILES string of the molecule is NC(=NCC1(c2ccccc2Cl)CCOCC1)Nc1ccc(OC(F)(F)F)cc1. The first-order valence-corrected chi connectivity index (χ1v) is 9.41. The number of ether oxygens (including phenoxy) is 2. The molecule has 1 aliphatic rings. The van der Waals surface area contributed by atoms with E-state index >= 15 is 0 Å². The molecule has 0 aromatic heterocycles. The molecule has 9 heteroatoms. The lowest BCUT2D eigenvalue weighted by Gasteiger charge is -2.37. The zero-order chi connectivity index (χ0) is 20.9. The minimum absolute atomic E-state index is 0.160. The van der Waals surface area contributed by atoms with Crippen LogP contribution in [0.25, 0.3) is 0 Å². The van der Waals surface area contributed by atoms with Gasteiger partial charge in [-0.15, -0.1) is 13.2 Å². The molecule has 3 N–H and O–H groups in total. The number of anilines is 1. The average molecular weight is 428 g/mol. The van der Waals surface area contributed by atoms with Crippen LogP contribution in [0.1, 0.15) is 18.4 Å². The van der Waals surface area contributed by atoms with E-state index < -0.39 is 6.36 Å². The Hall–Kier alpha value is -2.45. The number of alkyl halides is 3. The summed E-state index contributed by atoms with van der Waals surface area (Å²) in [6.07, 6.45) is -3.21. The van der Waals surface area contributed by atoms with Crippen LogP contribution >= 0.6 is 11.6 Å². The molecule has 0 unspecified atom stereocenters. The highest BCUT2D eigenvalue weighted by molar-refractivity contribution is 6.31. The maximum Gasteiger partial charge on any atom is 0.573 e. The first-order valence-electron chi connectivity index (χ1n) is 9.03. The van der Waals surface area contributed by atoms with E-state index in [1.54, 1.807) is 0 Å². The summed E-state index contributed by atoms with van der Waals surface area (Å²) in [7, 11) is 0. The number of hydrogen-bond acceptors (Lipinski definition) is 3. The molecule has 0 atom stereocenters. The van der Waals surface area contributed by atoms with E-state index in [4.69, 9.17) is 22.1 Å². The number of halogens is 4. The third-order valence-electron chi connectivity index (χ3n) is 4.81. The van der Waals surface area contributed by atoms with Gasteiger partial charge in [-0.25, -0.2) is 0 Å². The van der Waals surface area contributed by atoms with Gasteiger partial charge in [-0.1, -0.05) is 29.8 Å². The second-order valence-electron chi connectivity index (χ2n) is 6.77. The fraction of sp³-hybridized carbons (Fsp3) is 0.350. The smallest absolute Gasteiger partial charge is 0.406 e. The van der Waals surface area contributed by atoms with Crippen LogP contribution in [0.4, 0.5) is 18.9 Å². The first-order chi connectivity index (χ1) is 13.8. The van der Waals surface area contributed by atoms with Crippen LogP contribution in [0, 0.1) is 0 Å². The molecule has 5 nitrogen and oxygen atoms in total. The fourth-order valence-electron chi connectivity index (χ4n) is 3.33. The largest absolute Gasteiger partial charge is 0.573 e. The maximum atomic E-state index is 12.2. The van der Waals surface area contributed by atoms with E-state index in [1.807, 2.05) is 24.3 Å². The molecule has 1 fully saturated rings. The van der Waals surface area contributed by atoms with E-state index in [9.17, 15) is 13.2 Å². The molecule has 156 valence electrons. The quantitative estimate of drug-likeness (QED) is 0.535. The van der Waals surface area contributed by atoms with Crippen LogP contribution in [-0.4, -0.2) is 32.1 Å². The van der Waals surface area contributed by atoms with Gasteiger partial charge in [0.25, 0.3) is 0 Å². The number of guanidine groups is 1. The standard InChI is InChI=1S/C20H21ClF3N3O2/c21-17-4-2-1-3-16(17)19(9-11-28-12-10-19)13-26-18(25)27-14-5-7-15(8-6-14)29-20(22,23)24/h1-8H,9-13H2,(H3,25,26,27). The van der Waals surface area contributed by atoms with E-state index in [0.29, 0.717) is 30.5 Å². The van der Waals surface area contributed by atoms with E-state index in [1.165, 1.54) is 24.3 Å². The Kier molecular flexibility index (Phi) is 6.54. The molecule has 0 saturated carbocycles. The van der Waals surface area contributed by atoms with Crippen LogP contribution in [-0.2, 0) is 10.2 Å². The van der Waals surface area contributed by atoms with Crippen molar-refractivity contribution in [1.82, 2.24) is 0 Å². The van der Waals surface area contributed by atoms with Gasteiger partial charge in [0.15, 0.2) is 5.96 Å². The van der Waals surface area contributed by atoms with Crippen molar-refractivity contribution in [3.05, 3.63) is 59.1 Å². The summed E-state index contributed by atoms with van der Waals surface area (Å²) in [5.41, 5.74) is 7.23. The van der Waals surface area contributed by atoms with Crippen LogP contribution in [0.15, 0.2) is 53.5 Å². The molecule has 2 aromatic carbocycles. The second kappa shape index (κ2) is 8.92. The highest BCUT2D eigenvalue weighted by Crippen LogP contribution is 2.39. The number of nitrogens with zero attached hydrogens (tertiary/aromatic N) is 1. The summed E-state index contributed by atoms with van der Waals surface area (Å²) in [5.74, 6) is -0.147. The summed E-state index contributed by atoms with van der Waals surface area (Å²) < 4.78 is 46.1. The lowest BCUT2D eigenvalue weighted by Crippen LogP contribution is -2.38. The maximum absolute atomic E-state index is 12.2. The van der Waals surface area contributed by atoms with Crippen molar-refractivity contribution < 1.29 is 22.6 Å². The highest BCUT2D eigenvalue weighted by Gasteiger charge is 2.36. The Bertz CT molecular complexity index is 851. The number of aliphatic imine (C=N–C) groups is 1. The van der Waals surface area contributed by atoms with Gasteiger partial charge in [-0.3, -0.25) is 4.99 Å². The predicted molar refractivity (Wildman–Crippen MR) is 106 cm³/mol. The number of hydrogen-bond donors (Lipinski definition) is 2. The summed E-state index contributed by atoms with van der Waals surface area (Å²) in [5, 5.41) is 3.56. The molecule has 1 heterocycles. The predicted octanol–water partition coefficient (Wildman–Crippen LogP) is 4.71. The normalized spacial score (nSPS) is 17.0. The zero-order valence-electron chi connectivity index (χ0n) is 15.5. The number of nitrogens with one attached hydrogen (secondary N) is 1. The molecule has 3 rings (SSSR count). The fourth-order valence-corrected chi connectivity index (χ4v) is 3.67. The summed E-state index contributed by atoms with van der Waals surface area (Å²) in [6, 6.07) is 12.9. The molecule has 0 bridgehead atoms. The Labute approximate surface area is 171 Å². The minimum atomic E-state index is -4.73. The number of benzene rings is 2. The molecule has 0 spiro atoms. The topological polar surface area (TPSA) is 68.9 Å². The molecular weight excluding hydrogens is 407 g/mol. The van der Waals surface area contributed by atoms with Crippen molar-refractivity contribution in [3.63, 3.8) is 0 Å². The monoisotopic (exact) mass is 427 g/mol. The Morgan fingerprint density at radius 1 is 1.14 bits per heavy atom. The molecule has 29 heavy (non-hydrogen) atoms. The molecule has 1 aliphatic heterocycles. The van der Waals surface area contributed by atoms with Gasteiger partial charge in [-0.2, -0.15) is 0 Å².